The molecule has 0 aromatic heterocycles. The van der Waals surface area contributed by atoms with Gasteiger partial charge in [-0.25, -0.2) is 26.7 Å². The number of anilines is 1. The van der Waals surface area contributed by atoms with E-state index in [1.54, 1.807) is 19.1 Å². The van der Waals surface area contributed by atoms with Gasteiger partial charge >= 0.3 is 0 Å². The summed E-state index contributed by atoms with van der Waals surface area (Å²) in [5.41, 5.74) is 6.65. The number of rotatable bonds is 6. The Labute approximate surface area is 113 Å². The third-order valence-corrected chi connectivity index (χ3v) is 4.75. The van der Waals surface area contributed by atoms with E-state index in [1.165, 1.54) is 6.07 Å². The van der Waals surface area contributed by atoms with Crippen LogP contribution in [0.5, 0.6) is 0 Å². The van der Waals surface area contributed by atoms with Gasteiger partial charge in [0.2, 0.25) is 20.0 Å². The minimum Gasteiger partial charge on any atom is -0.398 e. The first-order valence-corrected chi connectivity index (χ1v) is 8.68. The fourth-order valence-corrected chi connectivity index (χ4v) is 3.20. The third kappa shape index (κ3) is 5.15. The van der Waals surface area contributed by atoms with Crippen LogP contribution in [0.2, 0.25) is 0 Å². The first kappa shape index (κ1) is 15.9. The maximum atomic E-state index is 11.9. The quantitative estimate of drug-likeness (QED) is 0.483. The number of nitrogen functional groups attached to an aromatic ring is 1. The summed E-state index contributed by atoms with van der Waals surface area (Å²) in [6.45, 7) is 1.78. The summed E-state index contributed by atoms with van der Waals surface area (Å²) in [7, 11) is -7.32. The summed E-state index contributed by atoms with van der Waals surface area (Å²) in [5.74, 6) is -0.279. The predicted molar refractivity (Wildman–Crippen MR) is 73.4 cm³/mol. The van der Waals surface area contributed by atoms with Crippen LogP contribution in [0.3, 0.4) is 0 Å². The maximum Gasteiger partial charge on any atom is 0.242 e. The molecule has 9 heteroatoms. The summed E-state index contributed by atoms with van der Waals surface area (Å²) in [6.07, 6.45) is 0.101. The van der Waals surface area contributed by atoms with Gasteiger partial charge in [-0.1, -0.05) is 6.07 Å². The maximum absolute atomic E-state index is 11.9. The van der Waals surface area contributed by atoms with Crippen molar-refractivity contribution in [2.24, 2.45) is 5.14 Å². The molecule has 108 valence electrons. The van der Waals surface area contributed by atoms with Crippen molar-refractivity contribution < 1.29 is 16.8 Å². The zero-order valence-electron chi connectivity index (χ0n) is 10.5. The van der Waals surface area contributed by atoms with Gasteiger partial charge in [0.25, 0.3) is 0 Å². The molecule has 0 saturated carbocycles. The van der Waals surface area contributed by atoms with Gasteiger partial charge in [0.15, 0.2) is 0 Å². The van der Waals surface area contributed by atoms with E-state index in [0.717, 1.165) is 5.56 Å². The second-order valence-electron chi connectivity index (χ2n) is 4.16. The molecule has 0 saturated heterocycles. The minimum absolute atomic E-state index is 0.0197. The number of nitrogens with one attached hydrogen (secondary N) is 1. The Morgan fingerprint density at radius 3 is 2.37 bits per heavy atom. The summed E-state index contributed by atoms with van der Waals surface area (Å²) in [5, 5.41) is 4.81. The molecule has 0 aliphatic carbocycles. The van der Waals surface area contributed by atoms with Gasteiger partial charge in [-0.3, -0.25) is 0 Å². The van der Waals surface area contributed by atoms with E-state index in [2.05, 4.69) is 4.72 Å². The minimum atomic E-state index is -3.74. The lowest BCUT2D eigenvalue weighted by atomic mass is 10.2. The van der Waals surface area contributed by atoms with E-state index < -0.39 is 20.0 Å². The zero-order valence-corrected chi connectivity index (χ0v) is 12.1. The van der Waals surface area contributed by atoms with E-state index >= 15 is 0 Å². The van der Waals surface area contributed by atoms with Crippen LogP contribution in [0.4, 0.5) is 5.69 Å². The highest BCUT2D eigenvalue weighted by molar-refractivity contribution is 7.89. The zero-order chi connectivity index (χ0) is 14.7. The van der Waals surface area contributed by atoms with E-state index in [0.29, 0.717) is 0 Å². The van der Waals surface area contributed by atoms with Gasteiger partial charge in [0, 0.05) is 6.54 Å². The van der Waals surface area contributed by atoms with Crippen molar-refractivity contribution >= 4 is 25.7 Å². The van der Waals surface area contributed by atoms with Crippen LogP contribution in [-0.2, 0) is 20.0 Å². The summed E-state index contributed by atoms with van der Waals surface area (Å²) >= 11 is 0. The average Bonchev–Trinajstić information content (AvgIpc) is 2.22. The highest BCUT2D eigenvalue weighted by Crippen LogP contribution is 2.19. The Balaban J connectivity index is 2.71. The summed E-state index contributed by atoms with van der Waals surface area (Å²) < 4.78 is 47.5. The lowest BCUT2D eigenvalue weighted by Gasteiger charge is -2.09. The smallest absolute Gasteiger partial charge is 0.242 e. The highest BCUT2D eigenvalue weighted by Gasteiger charge is 2.16. The molecule has 5 N–H and O–H groups in total. The van der Waals surface area contributed by atoms with Gasteiger partial charge in [-0.05, 0) is 31.0 Å². The normalized spacial score (nSPS) is 12.5. The summed E-state index contributed by atoms with van der Waals surface area (Å²) in [6, 6.07) is 4.60. The molecule has 0 unspecified atom stereocenters. The SMILES string of the molecule is Cc1ccc(S(=O)(=O)NCCCS(N)(=O)=O)c(N)c1. The number of primary sulfonamides is 1. The van der Waals surface area contributed by atoms with E-state index in [4.69, 9.17) is 10.9 Å². The molecule has 1 aromatic carbocycles. The molecule has 0 aliphatic heterocycles. The lowest BCUT2D eigenvalue weighted by Crippen LogP contribution is -2.28. The van der Waals surface area contributed by atoms with Crippen molar-refractivity contribution in [3.05, 3.63) is 23.8 Å². The molecule has 0 radical (unpaired) electrons. The first-order valence-electron chi connectivity index (χ1n) is 5.48. The highest BCUT2D eigenvalue weighted by atomic mass is 32.2. The standard InChI is InChI=1S/C10H17N3O4S2/c1-8-3-4-10(9(11)7-8)19(16,17)13-5-2-6-18(12,14)15/h3-4,7,13H,2,5-6,11H2,1H3,(H2,12,14,15). The van der Waals surface area contributed by atoms with Crippen molar-refractivity contribution in [3.8, 4) is 0 Å². The Hall–Kier alpha value is -1.16. The van der Waals surface area contributed by atoms with E-state index in [1.807, 2.05) is 0 Å². The molecule has 0 fully saturated rings. The molecule has 0 atom stereocenters. The van der Waals surface area contributed by atoms with Crippen molar-refractivity contribution in [2.75, 3.05) is 18.0 Å². The molecule has 0 amide bonds. The van der Waals surface area contributed by atoms with Crippen molar-refractivity contribution in [2.45, 2.75) is 18.2 Å². The van der Waals surface area contributed by atoms with Gasteiger partial charge < -0.3 is 5.73 Å². The number of hydrogen-bond donors (Lipinski definition) is 3. The van der Waals surface area contributed by atoms with Crippen molar-refractivity contribution in [3.63, 3.8) is 0 Å². The summed E-state index contributed by atoms with van der Waals surface area (Å²) in [4.78, 5) is -0.0197. The van der Waals surface area contributed by atoms with Gasteiger partial charge in [-0.2, -0.15) is 0 Å². The molecule has 7 nitrogen and oxygen atoms in total. The molecule has 19 heavy (non-hydrogen) atoms. The molecule has 0 aliphatic rings. The fourth-order valence-electron chi connectivity index (χ4n) is 1.47. The largest absolute Gasteiger partial charge is 0.398 e. The fraction of sp³-hybridized carbons (Fsp3) is 0.400. The molecule has 0 heterocycles. The molecule has 1 rings (SSSR count). The number of hydrogen-bond acceptors (Lipinski definition) is 5. The molecule has 1 aromatic rings. The number of nitrogens with two attached hydrogens (primary N) is 2. The van der Waals surface area contributed by atoms with Crippen LogP contribution in [0, 0.1) is 6.92 Å². The van der Waals surface area contributed by atoms with Crippen LogP contribution in [0.15, 0.2) is 23.1 Å². The van der Waals surface area contributed by atoms with Gasteiger partial charge in [0.05, 0.1) is 11.4 Å². The Kier molecular flexibility index (Phi) is 4.91. The van der Waals surface area contributed by atoms with E-state index in [9.17, 15) is 16.8 Å². The predicted octanol–water partition coefficient (Wildman–Crippen LogP) is -0.466. The lowest BCUT2D eigenvalue weighted by molar-refractivity contribution is 0.577. The molecule has 0 spiro atoms. The number of benzene rings is 1. The van der Waals surface area contributed by atoms with Crippen LogP contribution >= 0.6 is 0 Å². The number of sulfonamides is 2. The molecular formula is C10H17N3O4S2. The Morgan fingerprint density at radius 1 is 1.21 bits per heavy atom. The van der Waals surface area contributed by atoms with Crippen LogP contribution < -0.4 is 15.6 Å². The third-order valence-electron chi connectivity index (χ3n) is 2.35. The Morgan fingerprint density at radius 2 is 1.84 bits per heavy atom. The van der Waals surface area contributed by atoms with E-state index in [-0.39, 0.29) is 29.3 Å². The topological polar surface area (TPSA) is 132 Å². The first-order chi connectivity index (χ1) is 8.62. The average molecular weight is 307 g/mol. The van der Waals surface area contributed by atoms with Crippen molar-refractivity contribution in [1.82, 2.24) is 4.72 Å². The van der Waals surface area contributed by atoms with Crippen molar-refractivity contribution in [1.29, 1.82) is 0 Å². The Bertz CT molecular complexity index is 653. The van der Waals surface area contributed by atoms with Gasteiger partial charge in [-0.15, -0.1) is 0 Å². The second kappa shape index (κ2) is 5.87. The molecular weight excluding hydrogens is 290 g/mol. The van der Waals surface area contributed by atoms with Crippen LogP contribution in [-0.4, -0.2) is 29.1 Å². The van der Waals surface area contributed by atoms with Gasteiger partial charge in [0.1, 0.15) is 4.90 Å². The monoisotopic (exact) mass is 307 g/mol. The molecule has 0 bridgehead atoms. The van der Waals surface area contributed by atoms with Crippen LogP contribution in [0.1, 0.15) is 12.0 Å². The number of aryl methyl sites for hydroxylation is 1. The van der Waals surface area contributed by atoms with Crippen LogP contribution in [0.25, 0.3) is 0 Å². The second-order valence-corrected chi connectivity index (χ2v) is 7.63.